The number of carboxylic acids is 2. The van der Waals surface area contributed by atoms with E-state index in [1.54, 1.807) is 0 Å². The molecular formula is C14H22O7. The lowest BCUT2D eigenvalue weighted by molar-refractivity contribution is -0.159. The normalized spacial score (nSPS) is 11.7. The second-order valence-electron chi connectivity index (χ2n) is 4.86. The fourth-order valence-electron chi connectivity index (χ4n) is 1.73. The molecule has 0 aromatic rings. The molecule has 0 aliphatic rings. The number of ketones is 1. The topological polar surface area (TPSA) is 118 Å². The maximum atomic E-state index is 11.6. The number of hydrogen-bond donors (Lipinski definition) is 2. The van der Waals surface area contributed by atoms with Gasteiger partial charge in [-0.2, -0.15) is 0 Å². The molecule has 7 heteroatoms. The number of Topliss-reactive ketones (excluding diaryl/α,β-unsaturated/α-hetero) is 1. The van der Waals surface area contributed by atoms with Crippen molar-refractivity contribution in [3.8, 4) is 0 Å². The van der Waals surface area contributed by atoms with E-state index >= 15 is 0 Å². The highest BCUT2D eigenvalue weighted by Crippen LogP contribution is 2.12. The molecule has 0 rings (SSSR count). The Hall–Kier alpha value is -1.92. The van der Waals surface area contributed by atoms with Crippen LogP contribution < -0.4 is 0 Å². The van der Waals surface area contributed by atoms with Crippen molar-refractivity contribution in [1.29, 1.82) is 0 Å². The summed E-state index contributed by atoms with van der Waals surface area (Å²) in [5.41, 5.74) is 0. The summed E-state index contributed by atoms with van der Waals surface area (Å²) in [4.78, 5) is 43.6. The van der Waals surface area contributed by atoms with E-state index in [2.05, 4.69) is 0 Å². The van der Waals surface area contributed by atoms with Gasteiger partial charge in [-0.25, -0.2) is 0 Å². The third-order valence-corrected chi connectivity index (χ3v) is 2.88. The molecule has 0 aliphatic heterocycles. The molecule has 21 heavy (non-hydrogen) atoms. The first kappa shape index (κ1) is 19.1. The van der Waals surface area contributed by atoms with E-state index in [1.165, 1.54) is 6.92 Å². The maximum Gasteiger partial charge on any atom is 0.320 e. The molecule has 1 atom stereocenters. The van der Waals surface area contributed by atoms with Crippen LogP contribution in [-0.4, -0.2) is 40.5 Å². The summed E-state index contributed by atoms with van der Waals surface area (Å²) in [6.07, 6.45) is 2.38. The Bertz CT molecular complexity index is 376. The van der Waals surface area contributed by atoms with Gasteiger partial charge in [0.2, 0.25) is 0 Å². The molecule has 120 valence electrons. The summed E-state index contributed by atoms with van der Waals surface area (Å²) in [6.45, 7) is 1.62. The van der Waals surface area contributed by atoms with Gasteiger partial charge < -0.3 is 19.7 Å². The van der Waals surface area contributed by atoms with E-state index in [1.807, 2.05) is 0 Å². The molecule has 0 radical (unpaired) electrons. The summed E-state index contributed by atoms with van der Waals surface area (Å²) < 4.78 is 4.88. The van der Waals surface area contributed by atoms with Crippen LogP contribution in [0, 0.1) is 5.92 Å². The first-order valence-corrected chi connectivity index (χ1v) is 6.95. The molecule has 0 saturated heterocycles. The molecule has 0 aromatic carbocycles. The number of rotatable bonds is 12. The van der Waals surface area contributed by atoms with Crippen molar-refractivity contribution < 1.29 is 34.1 Å². The number of unbranched alkanes of at least 4 members (excludes halogenated alkanes) is 2. The van der Waals surface area contributed by atoms with Crippen molar-refractivity contribution in [2.45, 2.75) is 51.9 Å². The lowest BCUT2D eigenvalue weighted by Crippen LogP contribution is -2.26. The lowest BCUT2D eigenvalue weighted by Gasteiger charge is -2.11. The number of ether oxygens (including phenoxy) is 1. The minimum absolute atomic E-state index is 0.0508. The van der Waals surface area contributed by atoms with Gasteiger partial charge in [-0.3, -0.25) is 14.4 Å². The quantitative estimate of drug-likeness (QED) is 0.319. The zero-order chi connectivity index (χ0) is 16.3. The Labute approximate surface area is 123 Å². The Morgan fingerprint density at radius 1 is 0.952 bits per heavy atom. The summed E-state index contributed by atoms with van der Waals surface area (Å²) in [6, 6.07) is 0. The minimum Gasteiger partial charge on any atom is -0.481 e. The number of carboxylic acid groups (broad SMARTS) is 2. The molecule has 0 aliphatic carbocycles. The van der Waals surface area contributed by atoms with Gasteiger partial charge in [0.1, 0.15) is 5.78 Å². The second-order valence-corrected chi connectivity index (χ2v) is 4.86. The zero-order valence-corrected chi connectivity index (χ0v) is 12.2. The van der Waals surface area contributed by atoms with Gasteiger partial charge in [-0.05, 0) is 39.0 Å². The van der Waals surface area contributed by atoms with Crippen LogP contribution in [0.1, 0.15) is 51.9 Å². The summed E-state index contributed by atoms with van der Waals surface area (Å²) >= 11 is 0. The van der Waals surface area contributed by atoms with Gasteiger partial charge in [-0.1, -0.05) is 0 Å². The molecule has 0 fully saturated rings. The Kier molecular flexibility index (Phi) is 9.83. The van der Waals surface area contributed by atoms with Crippen molar-refractivity contribution in [1.82, 2.24) is 0 Å². The van der Waals surface area contributed by atoms with E-state index in [9.17, 15) is 19.2 Å². The standard InChI is InChI=1S/C14H22O7/c1-10(15)6-3-2-4-9-21-14(20)11(13(18)19)7-5-8-12(16)17/h11H,2-9H2,1H3,(H,16,17)(H,18,19). The predicted molar refractivity (Wildman–Crippen MR) is 72.7 cm³/mol. The van der Waals surface area contributed by atoms with Gasteiger partial charge in [0.15, 0.2) is 5.92 Å². The van der Waals surface area contributed by atoms with E-state index in [0.717, 1.165) is 6.42 Å². The largest absolute Gasteiger partial charge is 0.481 e. The van der Waals surface area contributed by atoms with Crippen molar-refractivity contribution in [2.75, 3.05) is 6.61 Å². The summed E-state index contributed by atoms with van der Waals surface area (Å²) in [5.74, 6) is -4.38. The SMILES string of the molecule is CC(=O)CCCCCOC(=O)C(CCCC(=O)O)C(=O)O. The monoisotopic (exact) mass is 302 g/mol. The van der Waals surface area contributed by atoms with Crippen LogP contribution >= 0.6 is 0 Å². The van der Waals surface area contributed by atoms with Crippen LogP contribution in [0.15, 0.2) is 0 Å². The first-order chi connectivity index (χ1) is 9.84. The zero-order valence-electron chi connectivity index (χ0n) is 12.2. The van der Waals surface area contributed by atoms with Crippen LogP contribution in [0.3, 0.4) is 0 Å². The molecule has 2 N–H and O–H groups in total. The van der Waals surface area contributed by atoms with Crippen molar-refractivity contribution >= 4 is 23.7 Å². The number of hydrogen-bond acceptors (Lipinski definition) is 5. The highest BCUT2D eigenvalue weighted by atomic mass is 16.5. The van der Waals surface area contributed by atoms with Crippen LogP contribution in [0.25, 0.3) is 0 Å². The van der Waals surface area contributed by atoms with Gasteiger partial charge in [0, 0.05) is 12.8 Å². The van der Waals surface area contributed by atoms with E-state index < -0.39 is 23.8 Å². The Balaban J connectivity index is 3.93. The first-order valence-electron chi connectivity index (χ1n) is 6.95. The highest BCUT2D eigenvalue weighted by Gasteiger charge is 2.27. The van der Waals surface area contributed by atoms with Crippen LogP contribution in [0.5, 0.6) is 0 Å². The highest BCUT2D eigenvalue weighted by molar-refractivity contribution is 5.93. The van der Waals surface area contributed by atoms with Crippen molar-refractivity contribution in [3.63, 3.8) is 0 Å². The van der Waals surface area contributed by atoms with Crippen LogP contribution in [-0.2, 0) is 23.9 Å². The lowest BCUT2D eigenvalue weighted by atomic mass is 10.0. The minimum atomic E-state index is -1.32. The fourth-order valence-corrected chi connectivity index (χ4v) is 1.73. The number of esters is 1. The molecule has 7 nitrogen and oxygen atoms in total. The molecule has 0 amide bonds. The summed E-state index contributed by atoms with van der Waals surface area (Å²) in [5, 5.41) is 17.4. The van der Waals surface area contributed by atoms with E-state index in [0.29, 0.717) is 19.3 Å². The molecule has 0 bridgehead atoms. The predicted octanol–water partition coefficient (Wildman–Crippen LogP) is 1.63. The fraction of sp³-hybridized carbons (Fsp3) is 0.714. The molecular weight excluding hydrogens is 280 g/mol. The maximum absolute atomic E-state index is 11.6. The smallest absolute Gasteiger partial charge is 0.320 e. The average Bonchev–Trinajstić information content (AvgIpc) is 2.37. The van der Waals surface area contributed by atoms with Gasteiger partial charge in [-0.15, -0.1) is 0 Å². The third kappa shape index (κ3) is 10.5. The molecule has 0 heterocycles. The average molecular weight is 302 g/mol. The summed E-state index contributed by atoms with van der Waals surface area (Å²) in [7, 11) is 0. The number of aliphatic carboxylic acids is 2. The Morgan fingerprint density at radius 3 is 2.14 bits per heavy atom. The molecule has 0 aromatic heterocycles. The van der Waals surface area contributed by atoms with Crippen LogP contribution in [0.2, 0.25) is 0 Å². The molecule has 0 saturated carbocycles. The van der Waals surface area contributed by atoms with E-state index in [4.69, 9.17) is 14.9 Å². The van der Waals surface area contributed by atoms with Gasteiger partial charge in [0.25, 0.3) is 0 Å². The van der Waals surface area contributed by atoms with Crippen LogP contribution in [0.4, 0.5) is 0 Å². The second kappa shape index (κ2) is 10.8. The Morgan fingerprint density at radius 2 is 1.62 bits per heavy atom. The van der Waals surface area contributed by atoms with Gasteiger partial charge in [0.05, 0.1) is 6.61 Å². The number of carbonyl (C=O) groups is 4. The molecule has 1 unspecified atom stereocenters. The van der Waals surface area contributed by atoms with Gasteiger partial charge >= 0.3 is 17.9 Å². The van der Waals surface area contributed by atoms with Crippen molar-refractivity contribution in [3.05, 3.63) is 0 Å². The molecule has 0 spiro atoms. The van der Waals surface area contributed by atoms with Crippen molar-refractivity contribution in [2.24, 2.45) is 5.92 Å². The third-order valence-electron chi connectivity index (χ3n) is 2.88. The van der Waals surface area contributed by atoms with E-state index in [-0.39, 0.29) is 31.7 Å². The number of carbonyl (C=O) groups excluding carboxylic acids is 2.